The number of allylic oxidation sites excluding steroid dienone is 2. The van der Waals surface area contributed by atoms with Gasteiger partial charge in [-0.25, -0.2) is 8.78 Å². The van der Waals surface area contributed by atoms with E-state index in [0.29, 0.717) is 29.4 Å². The molecule has 0 saturated carbocycles. The average molecular weight is 512 g/mol. The topological polar surface area (TPSA) is 22.1 Å². The molecule has 37 heavy (non-hydrogen) atoms. The Bertz CT molecular complexity index is 1390. The first-order valence-electron chi connectivity index (χ1n) is 12.0. The number of nitrogens with zero attached hydrogens (tertiary/aromatic N) is 1. The largest absolute Gasteiger partial charge is 0.481 e. The van der Waals surface area contributed by atoms with E-state index in [2.05, 4.69) is 21.9 Å². The van der Waals surface area contributed by atoms with Crippen molar-refractivity contribution in [1.29, 1.82) is 0 Å². The summed E-state index contributed by atoms with van der Waals surface area (Å²) >= 11 is 0. The zero-order chi connectivity index (χ0) is 26.4. The van der Waals surface area contributed by atoms with E-state index < -0.39 is 24.3 Å². The van der Waals surface area contributed by atoms with Crippen LogP contribution in [0.5, 0.6) is 5.75 Å². The molecule has 0 saturated heterocycles. The fourth-order valence-electron chi connectivity index (χ4n) is 4.10. The first kappa shape index (κ1) is 26.3. The highest BCUT2D eigenvalue weighted by Crippen LogP contribution is 2.28. The third-order valence-corrected chi connectivity index (χ3v) is 6.06. The van der Waals surface area contributed by atoms with Gasteiger partial charge < -0.3 is 4.74 Å². The van der Waals surface area contributed by atoms with Gasteiger partial charge in [-0.2, -0.15) is 13.2 Å². The Balaban J connectivity index is 1.44. The van der Waals surface area contributed by atoms with Gasteiger partial charge in [-0.3, -0.25) is 4.98 Å². The maximum absolute atomic E-state index is 15.2. The molecule has 1 heterocycles. The van der Waals surface area contributed by atoms with Gasteiger partial charge in [-0.15, -0.1) is 0 Å². The summed E-state index contributed by atoms with van der Waals surface area (Å²) in [5.41, 5.74) is 3.86. The highest BCUT2D eigenvalue weighted by Gasteiger charge is 2.29. The molecule has 4 rings (SSSR count). The molecule has 0 N–H and O–H groups in total. The van der Waals surface area contributed by atoms with E-state index in [9.17, 15) is 17.6 Å². The molecule has 2 nitrogen and oxygen atoms in total. The molecule has 4 aromatic rings. The van der Waals surface area contributed by atoms with E-state index in [1.165, 1.54) is 6.07 Å². The molecule has 0 atom stereocenters. The van der Waals surface area contributed by atoms with Crippen molar-refractivity contribution in [3.63, 3.8) is 0 Å². The van der Waals surface area contributed by atoms with Gasteiger partial charge in [0.2, 0.25) is 0 Å². The zero-order valence-electron chi connectivity index (χ0n) is 20.3. The van der Waals surface area contributed by atoms with Crippen molar-refractivity contribution in [2.75, 3.05) is 6.61 Å². The van der Waals surface area contributed by atoms with Crippen molar-refractivity contribution in [2.45, 2.75) is 38.8 Å². The van der Waals surface area contributed by atoms with E-state index in [4.69, 9.17) is 0 Å². The molecule has 0 aliphatic rings. The SMILES string of the molecule is C/C=C/CCc1ccc(-c2ccc3c(F)c(CCc4ccc(OCC(F)(F)F)c(F)c4)ccc3c2)nc1. The van der Waals surface area contributed by atoms with Crippen LogP contribution >= 0.6 is 0 Å². The van der Waals surface area contributed by atoms with Crippen LogP contribution in [-0.2, 0) is 19.3 Å². The van der Waals surface area contributed by atoms with Crippen LogP contribution in [0.2, 0.25) is 0 Å². The van der Waals surface area contributed by atoms with Crippen LogP contribution in [-0.4, -0.2) is 17.8 Å². The third-order valence-electron chi connectivity index (χ3n) is 6.06. The van der Waals surface area contributed by atoms with Crippen molar-refractivity contribution in [3.05, 3.63) is 107 Å². The number of benzene rings is 3. The lowest BCUT2D eigenvalue weighted by atomic mass is 9.98. The summed E-state index contributed by atoms with van der Waals surface area (Å²) in [7, 11) is 0. The minimum absolute atomic E-state index is 0.307. The normalized spacial score (nSPS) is 11.9. The van der Waals surface area contributed by atoms with Gasteiger partial charge in [0.1, 0.15) is 5.82 Å². The number of hydrogen-bond acceptors (Lipinski definition) is 2. The fourth-order valence-corrected chi connectivity index (χ4v) is 4.10. The van der Waals surface area contributed by atoms with Crippen LogP contribution in [0.1, 0.15) is 30.0 Å². The van der Waals surface area contributed by atoms with Crippen LogP contribution in [0.4, 0.5) is 22.0 Å². The van der Waals surface area contributed by atoms with Gasteiger partial charge in [-0.1, -0.05) is 48.6 Å². The number of fused-ring (bicyclic) bond motifs is 1. The molecule has 0 bridgehead atoms. The summed E-state index contributed by atoms with van der Waals surface area (Å²) in [6.45, 7) is 0.432. The first-order chi connectivity index (χ1) is 17.7. The third kappa shape index (κ3) is 6.94. The number of alkyl halides is 3. The number of aromatic nitrogens is 1. The van der Waals surface area contributed by atoms with Crippen LogP contribution in [0, 0.1) is 11.6 Å². The smallest absolute Gasteiger partial charge is 0.422 e. The Morgan fingerprint density at radius 2 is 1.68 bits per heavy atom. The Morgan fingerprint density at radius 1 is 0.865 bits per heavy atom. The maximum atomic E-state index is 15.2. The van der Waals surface area contributed by atoms with Gasteiger partial charge in [0.15, 0.2) is 18.2 Å². The summed E-state index contributed by atoms with van der Waals surface area (Å²) < 4.78 is 70.7. The Labute approximate surface area is 212 Å². The number of pyridine rings is 1. The molecule has 0 fully saturated rings. The van der Waals surface area contributed by atoms with Gasteiger partial charge in [0, 0.05) is 17.1 Å². The molecule has 0 aliphatic heterocycles. The van der Waals surface area contributed by atoms with Crippen molar-refractivity contribution in [2.24, 2.45) is 0 Å². The van der Waals surface area contributed by atoms with Crippen LogP contribution in [0.15, 0.2) is 79.0 Å². The number of hydrogen-bond donors (Lipinski definition) is 0. The zero-order valence-corrected chi connectivity index (χ0v) is 20.3. The summed E-state index contributed by atoms with van der Waals surface area (Å²) in [5, 5.41) is 1.22. The molecule has 1 aromatic heterocycles. The maximum Gasteiger partial charge on any atom is 0.422 e. The summed E-state index contributed by atoms with van der Waals surface area (Å²) in [5.74, 6) is -1.69. The molecule has 0 amide bonds. The number of ether oxygens (including phenoxy) is 1. The molecule has 0 spiro atoms. The molecule has 3 aromatic carbocycles. The number of halogens is 5. The predicted molar refractivity (Wildman–Crippen MR) is 136 cm³/mol. The Morgan fingerprint density at radius 3 is 2.38 bits per heavy atom. The molecular weight excluding hydrogens is 485 g/mol. The lowest BCUT2D eigenvalue weighted by molar-refractivity contribution is -0.153. The molecular formula is C30H26F5NO. The van der Waals surface area contributed by atoms with Crippen molar-refractivity contribution in [1.82, 2.24) is 4.98 Å². The second-order valence-corrected chi connectivity index (χ2v) is 8.80. The van der Waals surface area contributed by atoms with E-state index in [1.807, 2.05) is 43.5 Å². The van der Waals surface area contributed by atoms with Crippen molar-refractivity contribution >= 4 is 10.8 Å². The Hall–Kier alpha value is -3.74. The standard InChI is InChI=1S/C30H26F5NO/c1-2-3-4-5-21-7-14-27(36-18-21)24-12-13-25-23(17-24)11-10-22(29(25)32)9-6-20-8-15-28(26(31)16-20)37-19-30(33,34)35/h2-3,7-8,10-18H,4-6,9,19H2,1H3/b3-2+. The van der Waals surface area contributed by atoms with E-state index in [-0.39, 0.29) is 5.82 Å². The number of rotatable bonds is 9. The van der Waals surface area contributed by atoms with E-state index in [0.717, 1.165) is 47.2 Å². The van der Waals surface area contributed by atoms with Crippen molar-refractivity contribution in [3.8, 4) is 17.0 Å². The number of aryl methyl sites for hydroxylation is 3. The fraction of sp³-hybridized carbons (Fsp3) is 0.233. The predicted octanol–water partition coefficient (Wildman–Crippen LogP) is 8.42. The minimum atomic E-state index is -4.55. The van der Waals surface area contributed by atoms with Crippen molar-refractivity contribution < 1.29 is 26.7 Å². The molecule has 7 heteroatoms. The molecule has 0 radical (unpaired) electrons. The quantitative estimate of drug-likeness (QED) is 0.166. The first-order valence-corrected chi connectivity index (χ1v) is 12.0. The second-order valence-electron chi connectivity index (χ2n) is 8.80. The van der Waals surface area contributed by atoms with Gasteiger partial charge in [-0.05, 0) is 78.9 Å². The second kappa shape index (κ2) is 11.5. The summed E-state index contributed by atoms with van der Waals surface area (Å²) in [6, 6.07) is 16.8. The molecule has 0 unspecified atom stereocenters. The molecule has 0 aliphatic carbocycles. The van der Waals surface area contributed by atoms with Gasteiger partial charge in [0.25, 0.3) is 0 Å². The highest BCUT2D eigenvalue weighted by atomic mass is 19.4. The minimum Gasteiger partial charge on any atom is -0.481 e. The summed E-state index contributed by atoms with van der Waals surface area (Å²) in [6.07, 6.45) is 3.98. The van der Waals surface area contributed by atoms with E-state index >= 15 is 4.39 Å². The average Bonchev–Trinajstić information content (AvgIpc) is 2.87. The van der Waals surface area contributed by atoms with E-state index in [1.54, 1.807) is 12.1 Å². The van der Waals surface area contributed by atoms with Crippen LogP contribution in [0.3, 0.4) is 0 Å². The lowest BCUT2D eigenvalue weighted by Gasteiger charge is -2.11. The van der Waals surface area contributed by atoms with Gasteiger partial charge in [0.05, 0.1) is 5.69 Å². The highest BCUT2D eigenvalue weighted by molar-refractivity contribution is 5.88. The monoisotopic (exact) mass is 511 g/mol. The lowest BCUT2D eigenvalue weighted by Crippen LogP contribution is -2.19. The van der Waals surface area contributed by atoms with Crippen LogP contribution < -0.4 is 4.74 Å². The van der Waals surface area contributed by atoms with Crippen LogP contribution in [0.25, 0.3) is 22.0 Å². The Kier molecular flexibility index (Phi) is 8.21. The van der Waals surface area contributed by atoms with Gasteiger partial charge >= 0.3 is 6.18 Å². The molecule has 192 valence electrons. The summed E-state index contributed by atoms with van der Waals surface area (Å²) in [4.78, 5) is 4.56.